The van der Waals surface area contributed by atoms with Gasteiger partial charge in [0.2, 0.25) is 5.91 Å². The maximum atomic E-state index is 12.8. The minimum Gasteiger partial charge on any atom is -0.492 e. The number of nitrogens with one attached hydrogen (secondary N) is 1. The van der Waals surface area contributed by atoms with Crippen LogP contribution in [0.2, 0.25) is 0 Å². The number of carbonyl (C=O) groups is 1. The van der Waals surface area contributed by atoms with E-state index < -0.39 is 0 Å². The monoisotopic (exact) mass is 412 g/mol. The molecule has 2 aromatic carbocycles. The molecule has 1 aliphatic rings. The van der Waals surface area contributed by atoms with Gasteiger partial charge in [-0.1, -0.05) is 18.2 Å². The van der Waals surface area contributed by atoms with E-state index in [9.17, 15) is 4.79 Å². The molecule has 1 N–H and O–H groups in total. The molecule has 1 heterocycles. The molecular formula is C24H32N2O4. The van der Waals surface area contributed by atoms with Crippen LogP contribution in [-0.4, -0.2) is 45.4 Å². The average Bonchev–Trinajstić information content (AvgIpc) is 2.73. The lowest BCUT2D eigenvalue weighted by molar-refractivity contribution is -0.115. The Bertz CT molecular complexity index is 876. The number of hydrogen-bond donors (Lipinski definition) is 1. The first kappa shape index (κ1) is 22.0. The molecule has 1 amide bonds. The Morgan fingerprint density at radius 2 is 1.70 bits per heavy atom. The number of hydrogen-bond acceptors (Lipinski definition) is 5. The molecule has 0 aromatic heterocycles. The maximum Gasteiger partial charge on any atom is 0.228 e. The summed E-state index contributed by atoms with van der Waals surface area (Å²) in [5, 5.41) is 3.02. The Hall–Kier alpha value is -2.73. The molecule has 1 saturated heterocycles. The predicted molar refractivity (Wildman–Crippen MR) is 120 cm³/mol. The molecule has 0 atom stereocenters. The Kier molecular flexibility index (Phi) is 7.57. The molecule has 1 aliphatic heterocycles. The van der Waals surface area contributed by atoms with Gasteiger partial charge in [-0.3, -0.25) is 4.79 Å². The summed E-state index contributed by atoms with van der Waals surface area (Å²) in [4.78, 5) is 15.0. The number of amides is 1. The number of ether oxygens (including phenoxy) is 3. The lowest BCUT2D eigenvalue weighted by Crippen LogP contribution is -2.36. The fraction of sp³-hybridized carbons (Fsp3) is 0.458. The molecule has 0 spiro atoms. The summed E-state index contributed by atoms with van der Waals surface area (Å²) in [6.45, 7) is 12.0. The lowest BCUT2D eigenvalue weighted by Gasteiger charge is -2.31. The zero-order chi connectivity index (χ0) is 21.5. The molecule has 162 valence electrons. The van der Waals surface area contributed by atoms with Gasteiger partial charge < -0.3 is 24.4 Å². The number of rotatable bonds is 8. The molecule has 0 radical (unpaired) electrons. The second-order valence-corrected chi connectivity index (χ2v) is 7.43. The van der Waals surface area contributed by atoms with Crippen LogP contribution in [-0.2, 0) is 16.0 Å². The minimum atomic E-state index is -0.0826. The predicted octanol–water partition coefficient (Wildman–Crippen LogP) is 4.12. The maximum absolute atomic E-state index is 12.8. The molecule has 0 aliphatic carbocycles. The summed E-state index contributed by atoms with van der Waals surface area (Å²) < 4.78 is 17.2. The van der Waals surface area contributed by atoms with Crippen LogP contribution < -0.4 is 19.7 Å². The van der Waals surface area contributed by atoms with E-state index in [-0.39, 0.29) is 5.91 Å². The fourth-order valence-corrected chi connectivity index (χ4v) is 3.54. The lowest BCUT2D eigenvalue weighted by atomic mass is 10.0. The number of aryl methyl sites for hydroxylation is 2. The van der Waals surface area contributed by atoms with Crippen LogP contribution in [0.5, 0.6) is 11.5 Å². The van der Waals surface area contributed by atoms with Gasteiger partial charge in [0.1, 0.15) is 11.5 Å². The van der Waals surface area contributed by atoms with Gasteiger partial charge in [-0.2, -0.15) is 0 Å². The van der Waals surface area contributed by atoms with Crippen molar-refractivity contribution in [1.29, 1.82) is 0 Å². The summed E-state index contributed by atoms with van der Waals surface area (Å²) in [5.74, 6) is 1.31. The number of benzene rings is 2. The quantitative estimate of drug-likeness (QED) is 0.707. The third-order valence-electron chi connectivity index (χ3n) is 5.22. The van der Waals surface area contributed by atoms with Crippen molar-refractivity contribution in [3.63, 3.8) is 0 Å². The Balaban J connectivity index is 1.85. The number of carbonyl (C=O) groups excluding carboxylic acids is 1. The van der Waals surface area contributed by atoms with Crippen LogP contribution in [0, 0.1) is 13.8 Å². The van der Waals surface area contributed by atoms with E-state index in [0.29, 0.717) is 44.3 Å². The van der Waals surface area contributed by atoms with Gasteiger partial charge in [-0.05, 0) is 44.4 Å². The standard InChI is InChI=1S/C24H32N2O4/c1-5-29-22-16-21(26-9-11-28-12-10-26)23(30-6-2)15-20(22)25-24(27)14-19-8-7-17(3)18(4)13-19/h7-8,13,15-16H,5-6,9-12,14H2,1-4H3,(H,25,27). The van der Waals surface area contributed by atoms with Crippen LogP contribution in [0.15, 0.2) is 30.3 Å². The van der Waals surface area contributed by atoms with Gasteiger partial charge in [-0.15, -0.1) is 0 Å². The zero-order valence-electron chi connectivity index (χ0n) is 18.4. The highest BCUT2D eigenvalue weighted by Gasteiger charge is 2.20. The molecule has 0 bridgehead atoms. The molecule has 0 saturated carbocycles. The van der Waals surface area contributed by atoms with E-state index in [2.05, 4.69) is 30.1 Å². The first-order valence-corrected chi connectivity index (χ1v) is 10.6. The number of nitrogens with zero attached hydrogens (tertiary/aromatic N) is 1. The van der Waals surface area contributed by atoms with Crippen molar-refractivity contribution in [3.8, 4) is 11.5 Å². The highest BCUT2D eigenvalue weighted by Crippen LogP contribution is 2.39. The summed E-state index contributed by atoms with van der Waals surface area (Å²) in [7, 11) is 0. The van der Waals surface area contributed by atoms with Crippen molar-refractivity contribution in [2.24, 2.45) is 0 Å². The van der Waals surface area contributed by atoms with E-state index in [1.54, 1.807) is 0 Å². The number of anilines is 2. The average molecular weight is 413 g/mol. The van der Waals surface area contributed by atoms with Crippen LogP contribution in [0.25, 0.3) is 0 Å². The first-order chi connectivity index (χ1) is 14.5. The van der Waals surface area contributed by atoms with E-state index in [1.807, 2.05) is 38.1 Å². The van der Waals surface area contributed by atoms with E-state index in [0.717, 1.165) is 30.1 Å². The molecule has 6 heteroatoms. The van der Waals surface area contributed by atoms with Crippen molar-refractivity contribution in [2.45, 2.75) is 34.1 Å². The van der Waals surface area contributed by atoms with Crippen LogP contribution in [0.1, 0.15) is 30.5 Å². The van der Waals surface area contributed by atoms with Gasteiger partial charge in [0.05, 0.1) is 44.2 Å². The largest absolute Gasteiger partial charge is 0.492 e. The third kappa shape index (κ3) is 5.45. The molecule has 6 nitrogen and oxygen atoms in total. The van der Waals surface area contributed by atoms with Crippen LogP contribution in [0.3, 0.4) is 0 Å². The topological polar surface area (TPSA) is 60.0 Å². The minimum absolute atomic E-state index is 0.0826. The molecule has 0 unspecified atom stereocenters. The van der Waals surface area contributed by atoms with Gasteiger partial charge in [0.25, 0.3) is 0 Å². The fourth-order valence-electron chi connectivity index (χ4n) is 3.54. The first-order valence-electron chi connectivity index (χ1n) is 10.6. The second kappa shape index (κ2) is 10.3. The van der Waals surface area contributed by atoms with Crippen molar-refractivity contribution in [3.05, 3.63) is 47.0 Å². The van der Waals surface area contributed by atoms with Crippen LogP contribution in [0.4, 0.5) is 11.4 Å². The highest BCUT2D eigenvalue weighted by atomic mass is 16.5. The van der Waals surface area contributed by atoms with Gasteiger partial charge >= 0.3 is 0 Å². The van der Waals surface area contributed by atoms with E-state index in [1.165, 1.54) is 11.1 Å². The molecule has 2 aromatic rings. The number of morpholine rings is 1. The summed E-state index contributed by atoms with van der Waals surface area (Å²) >= 11 is 0. The summed E-state index contributed by atoms with van der Waals surface area (Å²) in [5.41, 5.74) is 4.99. The van der Waals surface area contributed by atoms with Crippen molar-refractivity contribution in [1.82, 2.24) is 0 Å². The highest BCUT2D eigenvalue weighted by molar-refractivity contribution is 5.94. The van der Waals surface area contributed by atoms with Gasteiger partial charge in [0.15, 0.2) is 0 Å². The van der Waals surface area contributed by atoms with Gasteiger partial charge in [-0.25, -0.2) is 0 Å². The van der Waals surface area contributed by atoms with Crippen molar-refractivity contribution >= 4 is 17.3 Å². The normalized spacial score (nSPS) is 13.8. The Morgan fingerprint density at radius 1 is 1.00 bits per heavy atom. The van der Waals surface area contributed by atoms with Crippen molar-refractivity contribution < 1.29 is 19.0 Å². The summed E-state index contributed by atoms with van der Waals surface area (Å²) in [6.07, 6.45) is 0.307. The van der Waals surface area contributed by atoms with E-state index >= 15 is 0 Å². The molecule has 1 fully saturated rings. The zero-order valence-corrected chi connectivity index (χ0v) is 18.4. The molecule has 30 heavy (non-hydrogen) atoms. The van der Waals surface area contributed by atoms with Crippen molar-refractivity contribution in [2.75, 3.05) is 49.7 Å². The van der Waals surface area contributed by atoms with E-state index in [4.69, 9.17) is 14.2 Å². The smallest absolute Gasteiger partial charge is 0.228 e. The SMILES string of the molecule is CCOc1cc(N2CCOCC2)c(OCC)cc1NC(=O)Cc1ccc(C)c(C)c1. The molecular weight excluding hydrogens is 380 g/mol. The van der Waals surface area contributed by atoms with Crippen LogP contribution >= 0.6 is 0 Å². The molecule has 3 rings (SSSR count). The summed E-state index contributed by atoms with van der Waals surface area (Å²) in [6, 6.07) is 9.95. The Labute approximate surface area is 179 Å². The third-order valence-corrected chi connectivity index (χ3v) is 5.22. The second-order valence-electron chi connectivity index (χ2n) is 7.43. The van der Waals surface area contributed by atoms with Gasteiger partial charge in [0, 0.05) is 25.2 Å². The Morgan fingerprint density at radius 3 is 2.37 bits per heavy atom.